The Hall–Kier alpha value is -2.97. The number of nitrogens with zero attached hydrogens (tertiary/aromatic N) is 4. The van der Waals surface area contributed by atoms with Crippen molar-refractivity contribution in [3.8, 4) is 17.1 Å². The second kappa shape index (κ2) is 7.94. The lowest BCUT2D eigenvalue weighted by Crippen LogP contribution is -2.34. The van der Waals surface area contributed by atoms with E-state index in [9.17, 15) is 4.79 Å². The van der Waals surface area contributed by atoms with Gasteiger partial charge in [0.05, 0.1) is 25.1 Å². The number of halogens is 1. The fourth-order valence-electron chi connectivity index (χ4n) is 4.15. The number of methoxy groups -OCH3 is 1. The zero-order valence-electron chi connectivity index (χ0n) is 17.2. The molecule has 0 bridgehead atoms. The van der Waals surface area contributed by atoms with Gasteiger partial charge in [0.2, 0.25) is 0 Å². The molecule has 0 amide bonds. The molecule has 160 valence electrons. The van der Waals surface area contributed by atoms with Gasteiger partial charge in [-0.1, -0.05) is 18.5 Å². The van der Waals surface area contributed by atoms with Crippen molar-refractivity contribution in [2.75, 3.05) is 13.7 Å². The molecule has 1 aliphatic rings. The van der Waals surface area contributed by atoms with Crippen LogP contribution in [0.4, 0.5) is 0 Å². The van der Waals surface area contributed by atoms with Crippen LogP contribution >= 0.6 is 11.6 Å². The zero-order chi connectivity index (χ0) is 21.5. The Labute approximate surface area is 182 Å². The van der Waals surface area contributed by atoms with Crippen LogP contribution in [0.2, 0.25) is 5.15 Å². The highest BCUT2D eigenvalue weighted by Crippen LogP contribution is 2.36. The topological polar surface area (TPSA) is 92.3 Å². The summed E-state index contributed by atoms with van der Waals surface area (Å²) in [4.78, 5) is 26.6. The molecule has 1 saturated heterocycles. The van der Waals surface area contributed by atoms with E-state index >= 15 is 0 Å². The largest absolute Gasteiger partial charge is 0.495 e. The summed E-state index contributed by atoms with van der Waals surface area (Å²) < 4.78 is 18.8. The van der Waals surface area contributed by atoms with E-state index in [0.29, 0.717) is 57.5 Å². The third kappa shape index (κ3) is 3.45. The molecule has 5 rings (SSSR count). The van der Waals surface area contributed by atoms with Crippen LogP contribution in [0, 0.1) is 0 Å². The van der Waals surface area contributed by atoms with Crippen LogP contribution in [0.5, 0.6) is 5.75 Å². The Morgan fingerprint density at radius 1 is 1.26 bits per heavy atom. The van der Waals surface area contributed by atoms with E-state index in [-0.39, 0.29) is 17.8 Å². The molecule has 0 spiro atoms. The smallest absolute Gasteiger partial charge is 0.349 e. The van der Waals surface area contributed by atoms with Gasteiger partial charge in [0.15, 0.2) is 11.2 Å². The number of furan rings is 1. The van der Waals surface area contributed by atoms with Crippen LogP contribution in [-0.4, -0.2) is 39.3 Å². The first kappa shape index (κ1) is 20.0. The van der Waals surface area contributed by atoms with Gasteiger partial charge in [0, 0.05) is 12.6 Å². The first-order valence-electron chi connectivity index (χ1n) is 10.2. The van der Waals surface area contributed by atoms with Crippen molar-refractivity contribution in [1.82, 2.24) is 19.5 Å². The minimum Gasteiger partial charge on any atom is -0.495 e. The maximum absolute atomic E-state index is 13.3. The average Bonchev–Trinajstić information content (AvgIpc) is 3.17. The number of fused-ring (bicyclic) bond motifs is 3. The van der Waals surface area contributed by atoms with E-state index in [0.717, 1.165) is 12.8 Å². The molecule has 8 nitrogen and oxygen atoms in total. The first-order valence-corrected chi connectivity index (χ1v) is 10.6. The zero-order valence-corrected chi connectivity index (χ0v) is 17.9. The van der Waals surface area contributed by atoms with Crippen LogP contribution in [0.15, 0.2) is 39.7 Å². The second-order valence-corrected chi connectivity index (χ2v) is 7.92. The van der Waals surface area contributed by atoms with E-state index in [4.69, 9.17) is 25.5 Å². The predicted molar refractivity (Wildman–Crippen MR) is 117 cm³/mol. The van der Waals surface area contributed by atoms with Gasteiger partial charge in [0.1, 0.15) is 27.6 Å². The monoisotopic (exact) mass is 440 g/mol. The molecule has 0 unspecified atom stereocenters. The summed E-state index contributed by atoms with van der Waals surface area (Å²) in [7, 11) is 1.57. The lowest BCUT2D eigenvalue weighted by molar-refractivity contribution is -0.00710. The Kier molecular flexibility index (Phi) is 5.11. The van der Waals surface area contributed by atoms with E-state index < -0.39 is 0 Å². The summed E-state index contributed by atoms with van der Waals surface area (Å²) in [6.45, 7) is 2.67. The third-order valence-electron chi connectivity index (χ3n) is 5.72. The number of ether oxygens (including phenoxy) is 2. The Balaban J connectivity index is 1.79. The Bertz CT molecular complexity index is 1320. The molecule has 9 heteroatoms. The summed E-state index contributed by atoms with van der Waals surface area (Å²) in [5.74, 6) is 0.610. The molecule has 2 atom stereocenters. The van der Waals surface area contributed by atoms with Gasteiger partial charge in [-0.15, -0.1) is 0 Å². The molecule has 0 N–H and O–H groups in total. The number of aromatic nitrogens is 4. The number of hydrogen-bond donors (Lipinski definition) is 0. The van der Waals surface area contributed by atoms with Crippen LogP contribution in [0.1, 0.15) is 32.2 Å². The highest BCUT2D eigenvalue weighted by atomic mass is 35.5. The van der Waals surface area contributed by atoms with Crippen LogP contribution < -0.4 is 10.4 Å². The lowest BCUT2D eigenvalue weighted by Gasteiger charge is -2.30. The molecule has 0 aromatic carbocycles. The highest BCUT2D eigenvalue weighted by molar-refractivity contribution is 6.30. The molecule has 0 aliphatic carbocycles. The van der Waals surface area contributed by atoms with E-state index in [1.54, 1.807) is 42.1 Å². The SMILES string of the molecule is CC[C@H]1C[C@@H](n2c(=O)nc(-c3ccc(OC)cn3)c3oc4ccc(Cl)nc4c32)CCO1. The van der Waals surface area contributed by atoms with Gasteiger partial charge in [-0.25, -0.2) is 9.78 Å². The van der Waals surface area contributed by atoms with Gasteiger partial charge < -0.3 is 13.9 Å². The molecule has 4 aromatic rings. The molecule has 1 fully saturated rings. The molecule has 0 radical (unpaired) electrons. The molecule has 1 aliphatic heterocycles. The molecule has 31 heavy (non-hydrogen) atoms. The summed E-state index contributed by atoms with van der Waals surface area (Å²) in [5, 5.41) is 0.327. The molecular weight excluding hydrogens is 420 g/mol. The maximum Gasteiger partial charge on any atom is 0.349 e. The third-order valence-corrected chi connectivity index (χ3v) is 5.93. The fourth-order valence-corrected chi connectivity index (χ4v) is 4.30. The quantitative estimate of drug-likeness (QED) is 0.434. The minimum absolute atomic E-state index is 0.0688. The average molecular weight is 441 g/mol. The maximum atomic E-state index is 13.3. The Morgan fingerprint density at radius 3 is 2.87 bits per heavy atom. The molecular formula is C22H21ClN4O4. The van der Waals surface area contributed by atoms with E-state index in [1.165, 1.54) is 0 Å². The Morgan fingerprint density at radius 2 is 2.13 bits per heavy atom. The van der Waals surface area contributed by atoms with Crippen molar-refractivity contribution in [2.24, 2.45) is 0 Å². The van der Waals surface area contributed by atoms with Crippen molar-refractivity contribution < 1.29 is 13.9 Å². The second-order valence-electron chi connectivity index (χ2n) is 7.54. The minimum atomic E-state index is -0.369. The van der Waals surface area contributed by atoms with Gasteiger partial charge in [0.25, 0.3) is 0 Å². The van der Waals surface area contributed by atoms with Crippen molar-refractivity contribution in [3.05, 3.63) is 46.1 Å². The number of pyridine rings is 2. The lowest BCUT2D eigenvalue weighted by atomic mass is 10.0. The summed E-state index contributed by atoms with van der Waals surface area (Å²) >= 11 is 6.19. The molecule has 0 saturated carbocycles. The van der Waals surface area contributed by atoms with E-state index in [2.05, 4.69) is 21.9 Å². The molecule has 5 heterocycles. The highest BCUT2D eigenvalue weighted by Gasteiger charge is 2.29. The summed E-state index contributed by atoms with van der Waals surface area (Å²) in [6.07, 6.45) is 3.99. The van der Waals surface area contributed by atoms with Crippen molar-refractivity contribution in [1.29, 1.82) is 0 Å². The summed E-state index contributed by atoms with van der Waals surface area (Å²) in [5.41, 5.74) is 2.64. The number of rotatable bonds is 4. The van der Waals surface area contributed by atoms with Crippen molar-refractivity contribution in [2.45, 2.75) is 38.3 Å². The van der Waals surface area contributed by atoms with Crippen LogP contribution in [-0.2, 0) is 4.74 Å². The van der Waals surface area contributed by atoms with Crippen LogP contribution in [0.25, 0.3) is 33.6 Å². The van der Waals surface area contributed by atoms with E-state index in [1.807, 2.05) is 0 Å². The van der Waals surface area contributed by atoms with Crippen LogP contribution in [0.3, 0.4) is 0 Å². The standard InChI is InChI=1S/C22H21ClN4O4/c1-3-13-10-12(8-9-30-13)27-20-19-16(6-7-17(23)25-19)31-21(20)18(26-22(27)28)15-5-4-14(29-2)11-24-15/h4-7,11-13H,3,8-10H2,1-2H3/t12-,13-/m0/s1. The first-order chi connectivity index (χ1) is 15.1. The normalized spacial score (nSPS) is 19.2. The van der Waals surface area contributed by atoms with Crippen molar-refractivity contribution >= 4 is 33.8 Å². The van der Waals surface area contributed by atoms with Gasteiger partial charge in [-0.2, -0.15) is 4.98 Å². The summed E-state index contributed by atoms with van der Waals surface area (Å²) in [6, 6.07) is 6.86. The van der Waals surface area contributed by atoms with Crippen molar-refractivity contribution in [3.63, 3.8) is 0 Å². The van der Waals surface area contributed by atoms with Gasteiger partial charge in [-0.3, -0.25) is 9.55 Å². The fraction of sp³-hybridized carbons (Fsp3) is 0.364. The molecule has 4 aromatic heterocycles. The predicted octanol–water partition coefficient (Wildman–Crippen LogP) is 4.39. The number of hydrogen-bond acceptors (Lipinski definition) is 7. The van der Waals surface area contributed by atoms with Gasteiger partial charge in [-0.05, 0) is 43.5 Å². The van der Waals surface area contributed by atoms with Gasteiger partial charge >= 0.3 is 5.69 Å².